The van der Waals surface area contributed by atoms with Gasteiger partial charge in [0.15, 0.2) is 0 Å². The lowest BCUT2D eigenvalue weighted by Crippen LogP contribution is -1.94. The Balaban J connectivity index is 2.08. The highest BCUT2D eigenvalue weighted by Crippen LogP contribution is 2.12. The van der Waals surface area contributed by atoms with Gasteiger partial charge in [-0.3, -0.25) is 15.0 Å². The van der Waals surface area contributed by atoms with Crippen molar-refractivity contribution in [2.45, 2.75) is 13.0 Å². The van der Waals surface area contributed by atoms with E-state index >= 15 is 0 Å². The highest BCUT2D eigenvalue weighted by Gasteiger charge is 2.01. The molecule has 0 aliphatic heterocycles. The molecule has 2 heterocycles. The maximum Gasteiger partial charge on any atom is 0.0892 e. The van der Waals surface area contributed by atoms with E-state index < -0.39 is 0 Å². The highest BCUT2D eigenvalue weighted by atomic mass is 14.8. The first-order valence-corrected chi connectivity index (χ1v) is 5.21. The van der Waals surface area contributed by atoms with Crippen LogP contribution in [0.2, 0.25) is 0 Å². The molecule has 0 aliphatic carbocycles. The second-order valence-corrected chi connectivity index (χ2v) is 3.46. The lowest BCUT2D eigenvalue weighted by Gasteiger charge is -2.03. The van der Waals surface area contributed by atoms with Crippen molar-refractivity contribution in [2.75, 3.05) is 0 Å². The Hall–Kier alpha value is -2.03. The first kappa shape index (κ1) is 10.5. The van der Waals surface area contributed by atoms with Crippen LogP contribution in [0.5, 0.6) is 0 Å². The third-order valence-corrected chi connectivity index (χ3v) is 2.23. The summed E-state index contributed by atoms with van der Waals surface area (Å²) in [6, 6.07) is 11.7. The Morgan fingerprint density at radius 1 is 1.06 bits per heavy atom. The topological polar surface area (TPSA) is 38.1 Å². The van der Waals surface area contributed by atoms with Crippen molar-refractivity contribution in [1.29, 1.82) is 0 Å². The number of hydrogen-bond donors (Lipinski definition) is 0. The molecule has 80 valence electrons. The monoisotopic (exact) mass is 211 g/mol. The van der Waals surface area contributed by atoms with Crippen LogP contribution >= 0.6 is 0 Å². The minimum absolute atomic E-state index is 0.0585. The fraction of sp³-hybridized carbons (Fsp3) is 0.154. The van der Waals surface area contributed by atoms with Crippen molar-refractivity contribution in [2.24, 2.45) is 4.99 Å². The van der Waals surface area contributed by atoms with Crippen LogP contribution in [0.15, 0.2) is 53.8 Å². The second-order valence-electron chi connectivity index (χ2n) is 3.46. The Labute approximate surface area is 94.9 Å². The minimum atomic E-state index is 0.0585. The molecule has 16 heavy (non-hydrogen) atoms. The molecule has 2 rings (SSSR count). The van der Waals surface area contributed by atoms with Gasteiger partial charge in [-0.1, -0.05) is 12.1 Å². The van der Waals surface area contributed by atoms with Gasteiger partial charge in [0.2, 0.25) is 0 Å². The van der Waals surface area contributed by atoms with Gasteiger partial charge >= 0.3 is 0 Å². The maximum atomic E-state index is 4.41. The molecule has 0 saturated heterocycles. The Morgan fingerprint density at radius 2 is 1.81 bits per heavy atom. The number of rotatable bonds is 3. The number of aliphatic imine (C=N–C) groups is 1. The zero-order valence-electron chi connectivity index (χ0n) is 9.12. The van der Waals surface area contributed by atoms with E-state index in [0.717, 1.165) is 11.4 Å². The number of aromatic nitrogens is 2. The molecule has 2 aromatic heterocycles. The molecule has 1 unspecified atom stereocenters. The number of pyridine rings is 2. The van der Waals surface area contributed by atoms with Gasteiger partial charge in [0.25, 0.3) is 0 Å². The third-order valence-electron chi connectivity index (χ3n) is 2.23. The lowest BCUT2D eigenvalue weighted by molar-refractivity contribution is 0.787. The van der Waals surface area contributed by atoms with E-state index in [-0.39, 0.29) is 6.04 Å². The van der Waals surface area contributed by atoms with E-state index in [9.17, 15) is 0 Å². The SMILES string of the molecule is CC(N=Cc1ccccn1)c1ccccn1. The molecule has 0 fully saturated rings. The summed E-state index contributed by atoms with van der Waals surface area (Å²) >= 11 is 0. The standard InChI is InChI=1S/C13H13N3/c1-11(13-7-3-5-9-15-13)16-10-12-6-2-4-8-14-12/h2-11H,1H3. The summed E-state index contributed by atoms with van der Waals surface area (Å²) in [6.45, 7) is 2.02. The van der Waals surface area contributed by atoms with Crippen LogP contribution in [0.4, 0.5) is 0 Å². The van der Waals surface area contributed by atoms with E-state index in [2.05, 4.69) is 15.0 Å². The molecule has 0 bridgehead atoms. The summed E-state index contributed by atoms with van der Waals surface area (Å²) in [5, 5.41) is 0. The Morgan fingerprint density at radius 3 is 2.44 bits per heavy atom. The molecule has 0 amide bonds. The molecule has 1 atom stereocenters. The fourth-order valence-electron chi connectivity index (χ4n) is 1.34. The van der Waals surface area contributed by atoms with Crippen molar-refractivity contribution in [3.05, 3.63) is 60.2 Å². The first-order valence-electron chi connectivity index (χ1n) is 5.21. The third kappa shape index (κ3) is 2.73. The van der Waals surface area contributed by atoms with E-state index in [4.69, 9.17) is 0 Å². The van der Waals surface area contributed by atoms with Crippen LogP contribution < -0.4 is 0 Å². The molecule has 0 radical (unpaired) electrons. The Bertz CT molecular complexity index is 451. The zero-order valence-corrected chi connectivity index (χ0v) is 9.12. The quantitative estimate of drug-likeness (QED) is 0.732. The predicted octanol–water partition coefficient (Wildman–Crippen LogP) is 2.66. The highest BCUT2D eigenvalue weighted by molar-refractivity contribution is 5.76. The van der Waals surface area contributed by atoms with Crippen LogP contribution in [-0.4, -0.2) is 16.2 Å². The summed E-state index contributed by atoms with van der Waals surface area (Å²) in [5.41, 5.74) is 1.83. The predicted molar refractivity (Wildman–Crippen MR) is 64.5 cm³/mol. The van der Waals surface area contributed by atoms with E-state index in [1.807, 2.05) is 43.3 Å². The van der Waals surface area contributed by atoms with Crippen LogP contribution in [-0.2, 0) is 0 Å². The van der Waals surface area contributed by atoms with Gasteiger partial charge in [0, 0.05) is 18.6 Å². The van der Waals surface area contributed by atoms with Crippen molar-refractivity contribution in [3.63, 3.8) is 0 Å². The number of hydrogen-bond acceptors (Lipinski definition) is 3. The average Bonchev–Trinajstić information content (AvgIpc) is 2.38. The smallest absolute Gasteiger partial charge is 0.0892 e. The summed E-state index contributed by atoms with van der Waals surface area (Å²) in [6.07, 6.45) is 5.31. The van der Waals surface area contributed by atoms with Crippen LogP contribution in [0.1, 0.15) is 24.4 Å². The van der Waals surface area contributed by atoms with Crippen molar-refractivity contribution in [1.82, 2.24) is 9.97 Å². The first-order chi connectivity index (χ1) is 7.86. The molecular weight excluding hydrogens is 198 g/mol. The summed E-state index contributed by atoms with van der Waals surface area (Å²) in [7, 11) is 0. The molecule has 3 nitrogen and oxygen atoms in total. The van der Waals surface area contributed by atoms with Crippen LogP contribution in [0, 0.1) is 0 Å². The van der Waals surface area contributed by atoms with Crippen molar-refractivity contribution >= 4 is 6.21 Å². The molecule has 0 N–H and O–H groups in total. The van der Waals surface area contributed by atoms with Crippen LogP contribution in [0.25, 0.3) is 0 Å². The molecule has 3 heteroatoms. The van der Waals surface area contributed by atoms with Gasteiger partial charge in [-0.25, -0.2) is 0 Å². The summed E-state index contributed by atoms with van der Waals surface area (Å²) < 4.78 is 0. The van der Waals surface area contributed by atoms with Gasteiger partial charge in [-0.05, 0) is 31.2 Å². The van der Waals surface area contributed by atoms with Crippen LogP contribution in [0.3, 0.4) is 0 Å². The van der Waals surface area contributed by atoms with Gasteiger partial charge in [0.1, 0.15) is 0 Å². The molecule has 0 saturated carbocycles. The largest absolute Gasteiger partial charge is 0.282 e. The second kappa shape index (κ2) is 5.16. The van der Waals surface area contributed by atoms with Crippen molar-refractivity contribution in [3.8, 4) is 0 Å². The molecule has 0 aromatic carbocycles. The molecule has 0 spiro atoms. The van der Waals surface area contributed by atoms with Gasteiger partial charge in [-0.15, -0.1) is 0 Å². The lowest BCUT2D eigenvalue weighted by atomic mass is 10.2. The molecule has 0 aliphatic rings. The van der Waals surface area contributed by atoms with Crippen molar-refractivity contribution < 1.29 is 0 Å². The summed E-state index contributed by atoms with van der Waals surface area (Å²) in [4.78, 5) is 12.8. The van der Waals surface area contributed by atoms with E-state index in [0.29, 0.717) is 0 Å². The Kier molecular flexibility index (Phi) is 3.38. The van der Waals surface area contributed by atoms with Gasteiger partial charge in [-0.2, -0.15) is 0 Å². The molecule has 2 aromatic rings. The van der Waals surface area contributed by atoms with Gasteiger partial charge < -0.3 is 0 Å². The summed E-state index contributed by atoms with van der Waals surface area (Å²) in [5.74, 6) is 0. The maximum absolute atomic E-state index is 4.41. The van der Waals surface area contributed by atoms with E-state index in [1.54, 1.807) is 18.6 Å². The average molecular weight is 211 g/mol. The zero-order chi connectivity index (χ0) is 11.2. The minimum Gasteiger partial charge on any atom is -0.282 e. The number of nitrogens with zero attached hydrogens (tertiary/aromatic N) is 3. The van der Waals surface area contributed by atoms with Gasteiger partial charge in [0.05, 0.1) is 17.4 Å². The fourth-order valence-corrected chi connectivity index (χ4v) is 1.34. The normalized spacial score (nSPS) is 12.8. The molecular formula is C13H13N3. The van der Waals surface area contributed by atoms with E-state index in [1.165, 1.54) is 0 Å².